The van der Waals surface area contributed by atoms with Crippen molar-refractivity contribution in [3.63, 3.8) is 0 Å². The molecular formula is C16H20N4O3S2. The summed E-state index contributed by atoms with van der Waals surface area (Å²) in [5.41, 5.74) is 1.82. The molecule has 0 saturated carbocycles. The van der Waals surface area contributed by atoms with Crippen LogP contribution in [0.1, 0.15) is 21.8 Å². The van der Waals surface area contributed by atoms with E-state index in [1.807, 2.05) is 31.2 Å². The summed E-state index contributed by atoms with van der Waals surface area (Å²) in [4.78, 5) is 23.8. The molecule has 2 amide bonds. The van der Waals surface area contributed by atoms with Crippen LogP contribution in [0.25, 0.3) is 0 Å². The number of hydrogen-bond donors (Lipinski definition) is 2. The number of nitrogens with one attached hydrogen (secondary N) is 2. The van der Waals surface area contributed by atoms with Crippen molar-refractivity contribution < 1.29 is 14.3 Å². The van der Waals surface area contributed by atoms with Gasteiger partial charge in [0.05, 0.1) is 5.75 Å². The molecule has 1 aromatic heterocycles. The summed E-state index contributed by atoms with van der Waals surface area (Å²) in [6.45, 7) is 3.17. The van der Waals surface area contributed by atoms with E-state index >= 15 is 0 Å². The summed E-state index contributed by atoms with van der Waals surface area (Å²) in [7, 11) is 1.62. The molecule has 2 aromatic rings. The van der Waals surface area contributed by atoms with Crippen LogP contribution in [0.2, 0.25) is 0 Å². The fraction of sp³-hybridized carbons (Fsp3) is 0.375. The highest BCUT2D eigenvalue weighted by molar-refractivity contribution is 8.01. The Bertz CT molecular complexity index is 704. The monoisotopic (exact) mass is 380 g/mol. The lowest BCUT2D eigenvalue weighted by Gasteiger charge is -2.03. The minimum absolute atomic E-state index is 0.0815. The van der Waals surface area contributed by atoms with Crippen LogP contribution < -0.4 is 10.6 Å². The number of carbonyl (C=O) groups is 2. The highest BCUT2D eigenvalue weighted by Crippen LogP contribution is 2.23. The van der Waals surface area contributed by atoms with Gasteiger partial charge in [-0.2, -0.15) is 0 Å². The number of aromatic nitrogens is 2. The fourth-order valence-electron chi connectivity index (χ4n) is 1.80. The highest BCUT2D eigenvalue weighted by atomic mass is 32.2. The van der Waals surface area contributed by atoms with Crippen molar-refractivity contribution in [3.8, 4) is 0 Å². The number of methoxy groups -OCH3 is 1. The molecule has 0 spiro atoms. The molecule has 7 nitrogen and oxygen atoms in total. The molecule has 1 aromatic carbocycles. The van der Waals surface area contributed by atoms with Gasteiger partial charge in [0.15, 0.2) is 4.34 Å². The van der Waals surface area contributed by atoms with Gasteiger partial charge in [-0.05, 0) is 25.5 Å². The van der Waals surface area contributed by atoms with E-state index in [1.165, 1.54) is 23.1 Å². The summed E-state index contributed by atoms with van der Waals surface area (Å²) in [6, 6.07) is 7.50. The van der Waals surface area contributed by atoms with Gasteiger partial charge in [-0.3, -0.25) is 9.59 Å². The van der Waals surface area contributed by atoms with Crippen molar-refractivity contribution in [2.24, 2.45) is 0 Å². The van der Waals surface area contributed by atoms with Crippen molar-refractivity contribution in [2.75, 3.05) is 31.3 Å². The summed E-state index contributed by atoms with van der Waals surface area (Å²) in [5, 5.41) is 13.7. The summed E-state index contributed by atoms with van der Waals surface area (Å²) >= 11 is 2.43. The first-order chi connectivity index (χ1) is 12.1. The summed E-state index contributed by atoms with van der Waals surface area (Å²) < 4.78 is 5.50. The average molecular weight is 380 g/mol. The number of rotatable bonds is 9. The molecule has 0 aliphatic carbocycles. The molecule has 0 aliphatic heterocycles. The normalized spacial score (nSPS) is 10.5. The number of anilines is 1. The molecule has 2 rings (SSSR count). The number of hydrogen-bond acceptors (Lipinski definition) is 7. The van der Waals surface area contributed by atoms with Gasteiger partial charge in [-0.15, -0.1) is 10.2 Å². The number of carbonyl (C=O) groups excluding carboxylic acids is 2. The van der Waals surface area contributed by atoms with Crippen LogP contribution in [0.5, 0.6) is 0 Å². The van der Waals surface area contributed by atoms with Crippen LogP contribution in [0.15, 0.2) is 28.6 Å². The fourth-order valence-corrected chi connectivity index (χ4v) is 3.38. The first-order valence-corrected chi connectivity index (χ1v) is 9.48. The van der Waals surface area contributed by atoms with Crippen LogP contribution >= 0.6 is 23.1 Å². The second kappa shape index (κ2) is 10.1. The molecule has 9 heteroatoms. The average Bonchev–Trinajstić information content (AvgIpc) is 3.08. The van der Waals surface area contributed by atoms with E-state index in [4.69, 9.17) is 4.74 Å². The van der Waals surface area contributed by atoms with Crippen molar-refractivity contribution in [1.29, 1.82) is 0 Å². The van der Waals surface area contributed by atoms with E-state index < -0.39 is 0 Å². The van der Waals surface area contributed by atoms with Gasteiger partial charge >= 0.3 is 0 Å². The van der Waals surface area contributed by atoms with E-state index in [9.17, 15) is 9.59 Å². The van der Waals surface area contributed by atoms with Crippen molar-refractivity contribution in [2.45, 2.75) is 17.7 Å². The Balaban J connectivity index is 1.78. The minimum atomic E-state index is -0.308. The molecular weight excluding hydrogens is 360 g/mol. The number of benzene rings is 1. The Kier molecular flexibility index (Phi) is 7.83. The van der Waals surface area contributed by atoms with Crippen molar-refractivity contribution in [1.82, 2.24) is 15.5 Å². The van der Waals surface area contributed by atoms with Crippen LogP contribution in [-0.2, 0) is 9.53 Å². The maximum atomic E-state index is 12.1. The number of ether oxygens (including phenoxy) is 1. The Morgan fingerprint density at radius 2 is 2.00 bits per heavy atom. The standard InChI is InChI=1S/C16H20N4O3S2/c1-11-4-6-12(7-5-11)18-14(22)15-19-20-16(25-15)24-10-13(21)17-8-3-9-23-2/h4-7H,3,8-10H2,1-2H3,(H,17,21)(H,18,22). The first kappa shape index (κ1) is 19.4. The van der Waals surface area contributed by atoms with Gasteiger partial charge in [0.1, 0.15) is 0 Å². The number of amides is 2. The lowest BCUT2D eigenvalue weighted by Crippen LogP contribution is -2.26. The SMILES string of the molecule is COCCCNC(=O)CSc1nnc(C(=O)Nc2ccc(C)cc2)s1. The molecule has 0 unspecified atom stereocenters. The lowest BCUT2D eigenvalue weighted by molar-refractivity contribution is -0.118. The quantitative estimate of drug-likeness (QED) is 0.512. The van der Waals surface area contributed by atoms with Crippen LogP contribution in [0.4, 0.5) is 5.69 Å². The second-order valence-electron chi connectivity index (χ2n) is 5.18. The third-order valence-electron chi connectivity index (χ3n) is 3.08. The predicted molar refractivity (Wildman–Crippen MR) is 99.3 cm³/mol. The Morgan fingerprint density at radius 1 is 1.24 bits per heavy atom. The highest BCUT2D eigenvalue weighted by Gasteiger charge is 2.14. The van der Waals surface area contributed by atoms with Crippen molar-refractivity contribution >= 4 is 40.6 Å². The van der Waals surface area contributed by atoms with Gasteiger partial charge in [0.25, 0.3) is 5.91 Å². The molecule has 0 fully saturated rings. The maximum absolute atomic E-state index is 12.1. The molecule has 1 heterocycles. The molecule has 0 bridgehead atoms. The zero-order valence-corrected chi connectivity index (χ0v) is 15.7. The summed E-state index contributed by atoms with van der Waals surface area (Å²) in [5.74, 6) is -0.152. The lowest BCUT2D eigenvalue weighted by atomic mass is 10.2. The molecule has 0 radical (unpaired) electrons. The molecule has 0 atom stereocenters. The minimum Gasteiger partial charge on any atom is -0.385 e. The largest absolute Gasteiger partial charge is 0.385 e. The van der Waals surface area contributed by atoms with E-state index in [1.54, 1.807) is 7.11 Å². The topological polar surface area (TPSA) is 93.2 Å². The molecule has 0 saturated heterocycles. The third-order valence-corrected chi connectivity index (χ3v) is 5.14. The van der Waals surface area contributed by atoms with Gasteiger partial charge in [-0.25, -0.2) is 0 Å². The molecule has 0 aliphatic rings. The van der Waals surface area contributed by atoms with Gasteiger partial charge in [0, 0.05) is 25.9 Å². The Labute approximate surface area is 154 Å². The summed E-state index contributed by atoms with van der Waals surface area (Å²) in [6.07, 6.45) is 0.773. The van der Waals surface area contributed by atoms with Gasteiger partial charge < -0.3 is 15.4 Å². The maximum Gasteiger partial charge on any atom is 0.286 e. The van der Waals surface area contributed by atoms with Gasteiger partial charge in [0.2, 0.25) is 10.9 Å². The molecule has 2 N–H and O–H groups in total. The number of thioether (sulfide) groups is 1. The van der Waals surface area contributed by atoms with E-state index in [2.05, 4.69) is 20.8 Å². The second-order valence-corrected chi connectivity index (χ2v) is 7.38. The predicted octanol–water partition coefficient (Wildman–Crippen LogP) is 2.34. The van der Waals surface area contributed by atoms with Crippen LogP contribution in [0.3, 0.4) is 0 Å². The zero-order chi connectivity index (χ0) is 18.1. The smallest absolute Gasteiger partial charge is 0.286 e. The van der Waals surface area contributed by atoms with Gasteiger partial charge in [-0.1, -0.05) is 40.8 Å². The van der Waals surface area contributed by atoms with Crippen LogP contribution in [-0.4, -0.2) is 48.0 Å². The first-order valence-electron chi connectivity index (χ1n) is 7.68. The number of aryl methyl sites for hydroxylation is 1. The van der Waals surface area contributed by atoms with E-state index in [0.717, 1.165) is 12.0 Å². The Hall–Kier alpha value is -1.97. The third kappa shape index (κ3) is 6.81. The molecule has 25 heavy (non-hydrogen) atoms. The van der Waals surface area contributed by atoms with Crippen LogP contribution in [0, 0.1) is 6.92 Å². The van der Waals surface area contributed by atoms with Crippen molar-refractivity contribution in [3.05, 3.63) is 34.8 Å². The van der Waals surface area contributed by atoms with E-state index in [-0.39, 0.29) is 22.6 Å². The molecule has 134 valence electrons. The zero-order valence-electron chi connectivity index (χ0n) is 14.1. The Morgan fingerprint density at radius 3 is 2.72 bits per heavy atom. The number of nitrogens with zero attached hydrogens (tertiary/aromatic N) is 2. The van der Waals surface area contributed by atoms with E-state index in [0.29, 0.717) is 23.2 Å².